The summed E-state index contributed by atoms with van der Waals surface area (Å²) in [5, 5.41) is 0.697. The Labute approximate surface area is 127 Å². The highest BCUT2D eigenvalue weighted by atomic mass is 79.9. The molecule has 2 aromatic carbocycles. The summed E-state index contributed by atoms with van der Waals surface area (Å²) in [6.07, 6.45) is 0. The van der Waals surface area contributed by atoms with E-state index in [1.54, 1.807) is 0 Å². The second-order valence-electron chi connectivity index (χ2n) is 4.63. The fourth-order valence-corrected chi connectivity index (χ4v) is 2.89. The van der Waals surface area contributed by atoms with Crippen molar-refractivity contribution < 1.29 is 0 Å². The van der Waals surface area contributed by atoms with Gasteiger partial charge < -0.3 is 0 Å². The summed E-state index contributed by atoms with van der Waals surface area (Å²) < 4.78 is 0.986. The largest absolute Gasteiger partial charge is 0.271 e. The maximum Gasteiger partial charge on any atom is 0.0724 e. The molecule has 0 aliphatic heterocycles. The highest BCUT2D eigenvalue weighted by Crippen LogP contribution is 2.32. The van der Waals surface area contributed by atoms with Gasteiger partial charge in [-0.2, -0.15) is 0 Å². The van der Waals surface area contributed by atoms with Gasteiger partial charge in [-0.1, -0.05) is 51.3 Å². The van der Waals surface area contributed by atoms with Crippen LogP contribution < -0.4 is 11.3 Å². The van der Waals surface area contributed by atoms with E-state index >= 15 is 0 Å². The lowest BCUT2D eigenvalue weighted by atomic mass is 9.94. The van der Waals surface area contributed by atoms with Crippen LogP contribution in [0.2, 0.25) is 5.02 Å². The van der Waals surface area contributed by atoms with Crippen molar-refractivity contribution in [2.45, 2.75) is 19.9 Å². The third-order valence-corrected chi connectivity index (χ3v) is 4.13. The molecule has 4 heteroatoms. The summed E-state index contributed by atoms with van der Waals surface area (Å²) in [4.78, 5) is 0. The van der Waals surface area contributed by atoms with Crippen LogP contribution in [0.4, 0.5) is 0 Å². The number of nitrogens with two attached hydrogens (primary N) is 1. The predicted molar refractivity (Wildman–Crippen MR) is 84.2 cm³/mol. The van der Waals surface area contributed by atoms with Gasteiger partial charge in [0.1, 0.15) is 0 Å². The number of nitrogens with one attached hydrogen (secondary N) is 1. The first-order valence-corrected chi connectivity index (χ1v) is 7.18. The monoisotopic (exact) mass is 338 g/mol. The van der Waals surface area contributed by atoms with Crippen LogP contribution >= 0.6 is 27.5 Å². The van der Waals surface area contributed by atoms with Gasteiger partial charge in [-0.05, 0) is 48.7 Å². The number of aryl methyl sites for hydroxylation is 2. The Morgan fingerprint density at radius 3 is 2.47 bits per heavy atom. The Morgan fingerprint density at radius 1 is 1.11 bits per heavy atom. The zero-order valence-electron chi connectivity index (χ0n) is 10.9. The summed E-state index contributed by atoms with van der Waals surface area (Å²) in [7, 11) is 0. The predicted octanol–water partition coefficient (Wildman–Crippen LogP) is 4.27. The molecule has 19 heavy (non-hydrogen) atoms. The normalized spacial score (nSPS) is 12.5. The Hall–Kier alpha value is -0.870. The van der Waals surface area contributed by atoms with E-state index in [0.29, 0.717) is 5.02 Å². The van der Waals surface area contributed by atoms with Crippen molar-refractivity contribution in [3.8, 4) is 0 Å². The maximum absolute atomic E-state index is 6.08. The van der Waals surface area contributed by atoms with E-state index in [-0.39, 0.29) is 6.04 Å². The van der Waals surface area contributed by atoms with E-state index in [1.807, 2.05) is 18.2 Å². The second kappa shape index (κ2) is 6.06. The minimum atomic E-state index is -0.0892. The Bertz CT molecular complexity index is 599. The van der Waals surface area contributed by atoms with E-state index in [1.165, 1.54) is 11.1 Å². The Morgan fingerprint density at radius 2 is 1.84 bits per heavy atom. The smallest absolute Gasteiger partial charge is 0.0724 e. The quantitative estimate of drug-likeness (QED) is 0.647. The van der Waals surface area contributed by atoms with Gasteiger partial charge in [0.2, 0.25) is 0 Å². The molecule has 2 aromatic rings. The van der Waals surface area contributed by atoms with Gasteiger partial charge in [-0.3, -0.25) is 5.84 Å². The van der Waals surface area contributed by atoms with Gasteiger partial charge in [-0.25, -0.2) is 5.43 Å². The Kier molecular flexibility index (Phi) is 4.63. The number of benzene rings is 2. The third-order valence-electron chi connectivity index (χ3n) is 3.17. The SMILES string of the molecule is Cc1ccc(C(NN)c2cc(Cl)ccc2Br)c(C)c1. The van der Waals surface area contributed by atoms with Gasteiger partial charge in [0.15, 0.2) is 0 Å². The zero-order valence-corrected chi connectivity index (χ0v) is 13.2. The molecule has 3 N–H and O–H groups in total. The van der Waals surface area contributed by atoms with Crippen LogP contribution in [-0.4, -0.2) is 0 Å². The summed E-state index contributed by atoms with van der Waals surface area (Å²) in [5.74, 6) is 5.75. The number of hydrogen-bond donors (Lipinski definition) is 2. The van der Waals surface area contributed by atoms with E-state index in [9.17, 15) is 0 Å². The molecule has 0 fully saturated rings. The average Bonchev–Trinajstić information content (AvgIpc) is 2.36. The number of hydrogen-bond acceptors (Lipinski definition) is 2. The van der Waals surface area contributed by atoms with Crippen LogP contribution in [0.15, 0.2) is 40.9 Å². The summed E-state index contributed by atoms with van der Waals surface area (Å²) in [6, 6.07) is 12.0. The standard InChI is InChI=1S/C15H16BrClN2/c1-9-3-5-12(10(2)7-9)15(19-18)13-8-11(17)4-6-14(13)16/h3-8,15,19H,18H2,1-2H3. The average molecular weight is 340 g/mol. The van der Waals surface area contributed by atoms with Gasteiger partial charge >= 0.3 is 0 Å². The first-order valence-electron chi connectivity index (χ1n) is 6.01. The molecule has 0 aliphatic carbocycles. The maximum atomic E-state index is 6.08. The fourth-order valence-electron chi connectivity index (χ4n) is 2.23. The molecular weight excluding hydrogens is 324 g/mol. The molecule has 0 amide bonds. The van der Waals surface area contributed by atoms with Crippen LogP contribution in [0.5, 0.6) is 0 Å². The molecule has 0 heterocycles. The van der Waals surface area contributed by atoms with E-state index in [4.69, 9.17) is 17.4 Å². The van der Waals surface area contributed by atoms with Crippen LogP contribution in [0.25, 0.3) is 0 Å². The molecule has 0 saturated carbocycles. The van der Waals surface area contributed by atoms with Crippen LogP contribution in [0, 0.1) is 13.8 Å². The molecule has 2 nitrogen and oxygen atoms in total. The minimum absolute atomic E-state index is 0.0892. The molecule has 0 aliphatic rings. The number of halogens is 2. The van der Waals surface area contributed by atoms with Gasteiger partial charge in [0.25, 0.3) is 0 Å². The molecular formula is C15H16BrClN2. The molecule has 1 atom stereocenters. The van der Waals surface area contributed by atoms with Crippen molar-refractivity contribution in [1.29, 1.82) is 0 Å². The van der Waals surface area contributed by atoms with E-state index in [2.05, 4.69) is 53.4 Å². The molecule has 0 radical (unpaired) electrons. The number of hydrazine groups is 1. The van der Waals surface area contributed by atoms with Crippen molar-refractivity contribution in [2.24, 2.45) is 5.84 Å². The Balaban J connectivity index is 2.52. The summed E-state index contributed by atoms with van der Waals surface area (Å²) in [5.41, 5.74) is 7.49. The zero-order chi connectivity index (χ0) is 14.0. The molecule has 0 bridgehead atoms. The highest BCUT2D eigenvalue weighted by molar-refractivity contribution is 9.10. The molecule has 0 spiro atoms. The van der Waals surface area contributed by atoms with Crippen molar-refractivity contribution in [3.63, 3.8) is 0 Å². The molecule has 0 aromatic heterocycles. The van der Waals surface area contributed by atoms with Crippen LogP contribution in [-0.2, 0) is 0 Å². The highest BCUT2D eigenvalue weighted by Gasteiger charge is 2.17. The molecule has 2 rings (SSSR count). The van der Waals surface area contributed by atoms with Gasteiger partial charge in [0, 0.05) is 9.50 Å². The minimum Gasteiger partial charge on any atom is -0.271 e. The van der Waals surface area contributed by atoms with Crippen LogP contribution in [0.3, 0.4) is 0 Å². The molecule has 1 unspecified atom stereocenters. The van der Waals surface area contributed by atoms with Gasteiger partial charge in [-0.15, -0.1) is 0 Å². The molecule has 100 valence electrons. The second-order valence-corrected chi connectivity index (χ2v) is 5.92. The lowest BCUT2D eigenvalue weighted by molar-refractivity contribution is 0.631. The summed E-state index contributed by atoms with van der Waals surface area (Å²) >= 11 is 9.63. The first-order chi connectivity index (χ1) is 9.02. The third kappa shape index (κ3) is 3.18. The molecule has 0 saturated heterocycles. The van der Waals surface area contributed by atoms with Crippen molar-refractivity contribution in [2.75, 3.05) is 0 Å². The van der Waals surface area contributed by atoms with E-state index in [0.717, 1.165) is 15.6 Å². The van der Waals surface area contributed by atoms with Crippen molar-refractivity contribution in [1.82, 2.24) is 5.43 Å². The van der Waals surface area contributed by atoms with E-state index < -0.39 is 0 Å². The lowest BCUT2D eigenvalue weighted by Crippen LogP contribution is -2.29. The lowest BCUT2D eigenvalue weighted by Gasteiger charge is -2.21. The fraction of sp³-hybridized carbons (Fsp3) is 0.200. The van der Waals surface area contributed by atoms with Crippen molar-refractivity contribution in [3.05, 3.63) is 68.1 Å². The van der Waals surface area contributed by atoms with Crippen LogP contribution in [0.1, 0.15) is 28.3 Å². The summed E-state index contributed by atoms with van der Waals surface area (Å²) in [6.45, 7) is 4.17. The van der Waals surface area contributed by atoms with Crippen molar-refractivity contribution >= 4 is 27.5 Å². The topological polar surface area (TPSA) is 38.0 Å². The first kappa shape index (κ1) is 14.5. The number of rotatable bonds is 3. The van der Waals surface area contributed by atoms with Gasteiger partial charge in [0.05, 0.1) is 6.04 Å².